The highest BCUT2D eigenvalue weighted by atomic mass is 16.3. The van der Waals surface area contributed by atoms with Gasteiger partial charge in [0, 0.05) is 18.3 Å². The smallest absolute Gasteiger partial charge is 0.239 e. The second kappa shape index (κ2) is 7.65. The molecule has 1 aromatic carbocycles. The predicted molar refractivity (Wildman–Crippen MR) is 80.6 cm³/mol. The number of nitrogens with zero attached hydrogens (tertiary/aromatic N) is 1. The Hall–Kier alpha value is -2.06. The molecule has 0 bridgehead atoms. The first-order valence-corrected chi connectivity index (χ1v) is 7.35. The Bertz CT molecular complexity index is 499. The van der Waals surface area contributed by atoms with Crippen LogP contribution < -0.4 is 10.6 Å². The van der Waals surface area contributed by atoms with Crippen LogP contribution in [0.4, 0.5) is 5.69 Å². The summed E-state index contributed by atoms with van der Waals surface area (Å²) in [5.74, 6) is 0.377. The van der Waals surface area contributed by atoms with Crippen molar-refractivity contribution in [2.24, 2.45) is 5.92 Å². The van der Waals surface area contributed by atoms with E-state index in [9.17, 15) is 4.79 Å². The standard InChI is InChI=1S/C16H21N3O2/c17-9-12-1-5-14(6-2-12)18-10-16(21)19-15-7-3-13(11-20)4-8-15/h1-2,5-6,13,15,18,20H,3-4,7-8,10-11H2,(H,19,21). The predicted octanol–water partition coefficient (Wildman–Crippen LogP) is 1.64. The molecule has 1 aliphatic rings. The van der Waals surface area contributed by atoms with E-state index in [0.717, 1.165) is 31.4 Å². The number of nitrogens with one attached hydrogen (secondary N) is 2. The minimum atomic E-state index is -0.0215. The monoisotopic (exact) mass is 287 g/mol. The lowest BCUT2D eigenvalue weighted by Crippen LogP contribution is -2.40. The average molecular weight is 287 g/mol. The number of amides is 1. The van der Waals surface area contributed by atoms with Crippen molar-refractivity contribution >= 4 is 11.6 Å². The molecule has 2 rings (SSSR count). The van der Waals surface area contributed by atoms with E-state index in [2.05, 4.69) is 16.7 Å². The molecule has 21 heavy (non-hydrogen) atoms. The molecule has 0 aromatic heterocycles. The summed E-state index contributed by atoms with van der Waals surface area (Å²) in [6.45, 7) is 0.479. The lowest BCUT2D eigenvalue weighted by molar-refractivity contribution is -0.120. The fourth-order valence-corrected chi connectivity index (χ4v) is 2.61. The van der Waals surface area contributed by atoms with Gasteiger partial charge in [-0.15, -0.1) is 0 Å². The van der Waals surface area contributed by atoms with Crippen LogP contribution in [0.25, 0.3) is 0 Å². The number of carbonyl (C=O) groups excluding carboxylic acids is 1. The molecule has 5 heteroatoms. The van der Waals surface area contributed by atoms with E-state index in [-0.39, 0.29) is 25.1 Å². The van der Waals surface area contributed by atoms with Crippen LogP contribution >= 0.6 is 0 Å². The molecule has 1 fully saturated rings. The summed E-state index contributed by atoms with van der Waals surface area (Å²) in [6, 6.07) is 9.30. The van der Waals surface area contributed by atoms with Crippen molar-refractivity contribution in [1.29, 1.82) is 5.26 Å². The zero-order valence-electron chi connectivity index (χ0n) is 12.0. The number of rotatable bonds is 5. The van der Waals surface area contributed by atoms with Crippen molar-refractivity contribution in [2.75, 3.05) is 18.5 Å². The maximum absolute atomic E-state index is 11.9. The lowest BCUT2D eigenvalue weighted by atomic mass is 9.86. The summed E-state index contributed by atoms with van der Waals surface area (Å²) in [5, 5.41) is 23.9. The summed E-state index contributed by atoms with van der Waals surface area (Å²) in [5.41, 5.74) is 1.43. The van der Waals surface area contributed by atoms with Crippen molar-refractivity contribution in [1.82, 2.24) is 5.32 Å². The van der Waals surface area contributed by atoms with Gasteiger partial charge in [-0.05, 0) is 55.9 Å². The lowest BCUT2D eigenvalue weighted by Gasteiger charge is -2.28. The second-order valence-corrected chi connectivity index (χ2v) is 5.51. The van der Waals surface area contributed by atoms with E-state index < -0.39 is 0 Å². The van der Waals surface area contributed by atoms with E-state index in [1.54, 1.807) is 24.3 Å². The minimum absolute atomic E-state index is 0.0215. The van der Waals surface area contributed by atoms with Crippen LogP contribution in [0.1, 0.15) is 31.2 Å². The van der Waals surface area contributed by atoms with Gasteiger partial charge in [0.25, 0.3) is 0 Å². The maximum atomic E-state index is 11.9. The molecule has 1 saturated carbocycles. The molecule has 0 saturated heterocycles. The zero-order chi connectivity index (χ0) is 15.1. The molecule has 0 radical (unpaired) electrons. The zero-order valence-corrected chi connectivity index (χ0v) is 12.0. The highest BCUT2D eigenvalue weighted by Gasteiger charge is 2.21. The van der Waals surface area contributed by atoms with Crippen LogP contribution in [-0.2, 0) is 4.79 Å². The van der Waals surface area contributed by atoms with Gasteiger partial charge in [0.05, 0.1) is 18.2 Å². The Kier molecular flexibility index (Phi) is 5.59. The summed E-state index contributed by atoms with van der Waals surface area (Å²) >= 11 is 0. The molecule has 5 nitrogen and oxygen atoms in total. The molecular formula is C16H21N3O2. The Morgan fingerprint density at radius 3 is 2.48 bits per heavy atom. The Morgan fingerprint density at radius 1 is 1.24 bits per heavy atom. The summed E-state index contributed by atoms with van der Waals surface area (Å²) in [4.78, 5) is 11.9. The molecule has 1 aromatic rings. The van der Waals surface area contributed by atoms with Crippen molar-refractivity contribution in [3.05, 3.63) is 29.8 Å². The third-order valence-corrected chi connectivity index (χ3v) is 3.94. The number of hydrogen-bond acceptors (Lipinski definition) is 4. The number of carbonyl (C=O) groups is 1. The van der Waals surface area contributed by atoms with Gasteiger partial charge in [0.1, 0.15) is 0 Å². The van der Waals surface area contributed by atoms with Gasteiger partial charge in [-0.3, -0.25) is 4.79 Å². The van der Waals surface area contributed by atoms with E-state index >= 15 is 0 Å². The second-order valence-electron chi connectivity index (χ2n) is 5.51. The van der Waals surface area contributed by atoms with E-state index in [1.807, 2.05) is 0 Å². The fraction of sp³-hybridized carbons (Fsp3) is 0.500. The summed E-state index contributed by atoms with van der Waals surface area (Å²) in [6.07, 6.45) is 3.83. The molecule has 0 aliphatic heterocycles. The molecule has 1 aliphatic carbocycles. The van der Waals surface area contributed by atoms with Gasteiger partial charge in [0.2, 0.25) is 5.91 Å². The summed E-state index contributed by atoms with van der Waals surface area (Å²) < 4.78 is 0. The first-order chi connectivity index (χ1) is 10.2. The number of nitriles is 1. The van der Waals surface area contributed by atoms with Crippen LogP contribution in [0.3, 0.4) is 0 Å². The maximum Gasteiger partial charge on any atom is 0.239 e. The number of aliphatic hydroxyl groups is 1. The van der Waals surface area contributed by atoms with E-state index in [1.165, 1.54) is 0 Å². The summed E-state index contributed by atoms with van der Waals surface area (Å²) in [7, 11) is 0. The van der Waals surface area contributed by atoms with Crippen LogP contribution in [0.15, 0.2) is 24.3 Å². The van der Waals surface area contributed by atoms with Crippen LogP contribution in [-0.4, -0.2) is 30.2 Å². The SMILES string of the molecule is N#Cc1ccc(NCC(=O)NC2CCC(CO)CC2)cc1. The molecule has 3 N–H and O–H groups in total. The molecular weight excluding hydrogens is 266 g/mol. The minimum Gasteiger partial charge on any atom is -0.396 e. The van der Waals surface area contributed by atoms with E-state index in [4.69, 9.17) is 10.4 Å². The van der Waals surface area contributed by atoms with E-state index in [0.29, 0.717) is 11.5 Å². The van der Waals surface area contributed by atoms with Gasteiger partial charge < -0.3 is 15.7 Å². The van der Waals surface area contributed by atoms with Crippen molar-refractivity contribution in [2.45, 2.75) is 31.7 Å². The molecule has 0 spiro atoms. The number of hydrogen-bond donors (Lipinski definition) is 3. The third kappa shape index (κ3) is 4.76. The van der Waals surface area contributed by atoms with Crippen LogP contribution in [0.2, 0.25) is 0 Å². The quantitative estimate of drug-likeness (QED) is 0.768. The van der Waals surface area contributed by atoms with Gasteiger partial charge >= 0.3 is 0 Å². The third-order valence-electron chi connectivity index (χ3n) is 3.94. The Morgan fingerprint density at radius 2 is 1.90 bits per heavy atom. The first kappa shape index (κ1) is 15.3. The Balaban J connectivity index is 1.71. The van der Waals surface area contributed by atoms with Gasteiger partial charge in [0.15, 0.2) is 0 Å². The molecule has 0 heterocycles. The fourth-order valence-electron chi connectivity index (χ4n) is 2.61. The van der Waals surface area contributed by atoms with Gasteiger partial charge in [-0.25, -0.2) is 0 Å². The van der Waals surface area contributed by atoms with Crippen molar-refractivity contribution in [3.8, 4) is 6.07 Å². The molecule has 0 unspecified atom stereocenters. The van der Waals surface area contributed by atoms with Crippen molar-refractivity contribution < 1.29 is 9.90 Å². The average Bonchev–Trinajstić information content (AvgIpc) is 2.54. The number of benzene rings is 1. The molecule has 0 atom stereocenters. The van der Waals surface area contributed by atoms with Crippen LogP contribution in [0, 0.1) is 17.2 Å². The largest absolute Gasteiger partial charge is 0.396 e. The highest BCUT2D eigenvalue weighted by Crippen LogP contribution is 2.23. The first-order valence-electron chi connectivity index (χ1n) is 7.35. The molecule has 112 valence electrons. The van der Waals surface area contributed by atoms with Gasteiger partial charge in [-0.2, -0.15) is 5.26 Å². The molecule has 1 amide bonds. The highest BCUT2D eigenvalue weighted by molar-refractivity contribution is 5.81. The van der Waals surface area contributed by atoms with Crippen molar-refractivity contribution in [3.63, 3.8) is 0 Å². The number of aliphatic hydroxyl groups excluding tert-OH is 1. The van der Waals surface area contributed by atoms with Crippen LogP contribution in [0.5, 0.6) is 0 Å². The number of anilines is 1. The Labute approximate surface area is 125 Å². The topological polar surface area (TPSA) is 85.2 Å². The van der Waals surface area contributed by atoms with Gasteiger partial charge in [-0.1, -0.05) is 0 Å². The normalized spacial score (nSPS) is 21.3.